The summed E-state index contributed by atoms with van der Waals surface area (Å²) in [5, 5.41) is 12.9. The first-order valence-corrected chi connectivity index (χ1v) is 19.0. The highest BCUT2D eigenvalue weighted by Crippen LogP contribution is 2.48. The van der Waals surface area contributed by atoms with Crippen LogP contribution in [0.2, 0.25) is 0 Å². The van der Waals surface area contributed by atoms with Gasteiger partial charge >= 0.3 is 0 Å². The monoisotopic (exact) mass is 713 g/mol. The Morgan fingerprint density at radius 1 is 0.393 bits per heavy atom. The summed E-state index contributed by atoms with van der Waals surface area (Å²) in [7, 11) is 0. The van der Waals surface area contributed by atoms with Crippen molar-refractivity contribution in [1.29, 1.82) is 0 Å². The molecule has 6 heteroatoms. The van der Waals surface area contributed by atoms with E-state index in [1.165, 1.54) is 54.3 Å². The molecule has 6 aromatic heterocycles. The lowest BCUT2D eigenvalue weighted by molar-refractivity contribution is 0.661. The van der Waals surface area contributed by atoms with Gasteiger partial charge in [-0.05, 0) is 65.4 Å². The first kappa shape index (κ1) is 28.8. The van der Waals surface area contributed by atoms with Crippen LogP contribution in [-0.2, 0) is 0 Å². The van der Waals surface area contributed by atoms with Crippen LogP contribution in [-0.4, -0.2) is 23.5 Å². The predicted octanol–water partition coefficient (Wildman–Crippen LogP) is 12.9. The zero-order chi connectivity index (χ0) is 36.2. The molecule has 0 radical (unpaired) electrons. The lowest BCUT2D eigenvalue weighted by Gasteiger charge is -2.12. The normalized spacial score (nSPS) is 12.6. The van der Waals surface area contributed by atoms with E-state index in [0.717, 1.165) is 54.7 Å². The smallest absolute Gasteiger partial charge is 0.237 e. The Kier molecular flexibility index (Phi) is 5.18. The summed E-state index contributed by atoms with van der Waals surface area (Å²) in [4.78, 5) is 11.0. The van der Waals surface area contributed by atoms with Gasteiger partial charge in [0.2, 0.25) is 5.95 Å². The van der Waals surface area contributed by atoms with Crippen LogP contribution in [0.5, 0.6) is 0 Å². The van der Waals surface area contributed by atoms with Crippen LogP contribution in [0.15, 0.2) is 168 Å². The van der Waals surface area contributed by atoms with Crippen LogP contribution in [0.4, 0.5) is 0 Å². The van der Waals surface area contributed by atoms with Crippen molar-refractivity contribution in [3.8, 4) is 11.8 Å². The summed E-state index contributed by atoms with van der Waals surface area (Å²) in [5.41, 5.74) is 10.1. The van der Waals surface area contributed by atoms with E-state index in [1.54, 1.807) is 0 Å². The van der Waals surface area contributed by atoms with E-state index in [9.17, 15) is 0 Å². The van der Waals surface area contributed by atoms with Gasteiger partial charge in [-0.25, -0.2) is 4.98 Å². The minimum atomic E-state index is 0.597. The number of furan rings is 1. The van der Waals surface area contributed by atoms with Crippen LogP contribution < -0.4 is 0 Å². The summed E-state index contributed by atoms with van der Waals surface area (Å²) >= 11 is 0. The summed E-state index contributed by atoms with van der Waals surface area (Å²) < 4.78 is 13.9. The molecular weight excluding hydrogens is 687 g/mol. The zero-order valence-electron chi connectivity index (χ0n) is 29.7. The molecule has 56 heavy (non-hydrogen) atoms. The maximum atomic E-state index is 6.87. The third kappa shape index (κ3) is 3.44. The minimum Gasteiger partial charge on any atom is -0.450 e. The Labute approximate surface area is 317 Å². The Hall–Kier alpha value is -7.70. The van der Waals surface area contributed by atoms with Gasteiger partial charge in [-0.3, -0.25) is 9.13 Å². The number of fused-ring (bicyclic) bond motifs is 17. The quantitative estimate of drug-likeness (QED) is 0.179. The fourth-order valence-corrected chi connectivity index (χ4v) is 9.86. The third-order valence-corrected chi connectivity index (χ3v) is 12.1. The molecule has 0 bridgehead atoms. The largest absolute Gasteiger partial charge is 0.450 e. The molecule has 0 aliphatic carbocycles. The molecule has 0 amide bonds. The van der Waals surface area contributed by atoms with Crippen molar-refractivity contribution in [2.75, 3.05) is 0 Å². The van der Waals surface area contributed by atoms with Crippen LogP contribution >= 0.6 is 0 Å². The molecule has 0 saturated carbocycles. The number of para-hydroxylation sites is 5. The van der Waals surface area contributed by atoms with Gasteiger partial charge in [0.15, 0.2) is 11.4 Å². The molecule has 0 atom stereocenters. The summed E-state index contributed by atoms with van der Waals surface area (Å²) in [6.45, 7) is 0. The van der Waals surface area contributed by atoms with Crippen LogP contribution in [0, 0.1) is 0 Å². The Balaban J connectivity index is 1.26. The summed E-state index contributed by atoms with van der Waals surface area (Å²) in [6, 6.07) is 58.6. The molecule has 258 valence electrons. The van der Waals surface area contributed by atoms with Crippen molar-refractivity contribution in [2.24, 2.45) is 0 Å². The lowest BCUT2D eigenvalue weighted by Crippen LogP contribution is -2.06. The minimum absolute atomic E-state index is 0.597. The van der Waals surface area contributed by atoms with Gasteiger partial charge in [-0.15, -0.1) is 0 Å². The van der Waals surface area contributed by atoms with Gasteiger partial charge in [0.05, 0.1) is 38.6 Å². The van der Waals surface area contributed by atoms with Crippen molar-refractivity contribution >= 4 is 115 Å². The van der Waals surface area contributed by atoms with Crippen molar-refractivity contribution < 1.29 is 4.42 Å². The summed E-state index contributed by atoms with van der Waals surface area (Å²) in [6.07, 6.45) is 0. The average molecular weight is 714 g/mol. The lowest BCUT2D eigenvalue weighted by atomic mass is 10.0. The zero-order valence-corrected chi connectivity index (χ0v) is 29.7. The molecule has 0 aliphatic heterocycles. The molecule has 0 spiro atoms. The highest BCUT2D eigenvalue weighted by molar-refractivity contribution is 6.34. The van der Waals surface area contributed by atoms with Gasteiger partial charge in [0.25, 0.3) is 0 Å². The van der Waals surface area contributed by atoms with Crippen LogP contribution in [0.1, 0.15) is 0 Å². The number of aromatic nitrogens is 5. The van der Waals surface area contributed by atoms with E-state index < -0.39 is 0 Å². The highest BCUT2D eigenvalue weighted by Gasteiger charge is 2.28. The number of hydrogen-bond donors (Lipinski definition) is 0. The molecule has 6 nitrogen and oxygen atoms in total. The van der Waals surface area contributed by atoms with Gasteiger partial charge in [-0.2, -0.15) is 4.98 Å². The number of benzene rings is 8. The maximum absolute atomic E-state index is 6.87. The molecule has 0 aliphatic rings. The van der Waals surface area contributed by atoms with E-state index in [4.69, 9.17) is 14.4 Å². The molecule has 6 heterocycles. The predicted molar refractivity (Wildman–Crippen MR) is 230 cm³/mol. The first-order valence-electron chi connectivity index (χ1n) is 19.0. The van der Waals surface area contributed by atoms with Crippen LogP contribution in [0.3, 0.4) is 0 Å². The fraction of sp³-hybridized carbons (Fsp3) is 0. The molecule has 14 rings (SSSR count). The summed E-state index contributed by atoms with van der Waals surface area (Å²) in [5.74, 6) is 1.31. The maximum Gasteiger partial charge on any atom is 0.237 e. The second kappa shape index (κ2) is 10.1. The first-order chi connectivity index (χ1) is 27.8. The van der Waals surface area contributed by atoms with Gasteiger partial charge in [-0.1, -0.05) is 109 Å². The second-order valence-electron chi connectivity index (χ2n) is 15.0. The number of hydrogen-bond acceptors (Lipinski definition) is 3. The van der Waals surface area contributed by atoms with E-state index in [2.05, 4.69) is 165 Å². The van der Waals surface area contributed by atoms with Gasteiger partial charge in [0, 0.05) is 48.5 Å². The molecule has 0 saturated heterocycles. The Bertz CT molecular complexity index is 3960. The van der Waals surface area contributed by atoms with Crippen molar-refractivity contribution in [1.82, 2.24) is 23.5 Å². The SMILES string of the molecule is c1ccc2cc3c(cc2c1)c1cc2c4ccccc4n4c5ccccc5c(c1n3-c1nc(-n3c5ccccc5c5ccccc53)nc3c1oc1ccccc13)c24. The Morgan fingerprint density at radius 3 is 1.68 bits per heavy atom. The van der Waals surface area contributed by atoms with Crippen molar-refractivity contribution in [3.63, 3.8) is 0 Å². The topological polar surface area (TPSA) is 53.2 Å². The Morgan fingerprint density at radius 2 is 0.946 bits per heavy atom. The van der Waals surface area contributed by atoms with Crippen molar-refractivity contribution in [3.05, 3.63) is 164 Å². The number of nitrogens with zero attached hydrogens (tertiary/aromatic N) is 5. The van der Waals surface area contributed by atoms with E-state index in [-0.39, 0.29) is 0 Å². The van der Waals surface area contributed by atoms with E-state index >= 15 is 0 Å². The molecule has 8 aromatic carbocycles. The third-order valence-electron chi connectivity index (χ3n) is 12.1. The van der Waals surface area contributed by atoms with Crippen molar-refractivity contribution in [2.45, 2.75) is 0 Å². The van der Waals surface area contributed by atoms with Gasteiger partial charge in [0.1, 0.15) is 11.1 Å². The highest BCUT2D eigenvalue weighted by atomic mass is 16.3. The molecule has 0 unspecified atom stereocenters. The number of rotatable bonds is 2. The molecule has 14 aromatic rings. The molecule has 0 N–H and O–H groups in total. The average Bonchev–Trinajstić information content (AvgIpc) is 4.04. The standard InChI is InChI=1S/C50H27N5O/c1-2-14-29-26-42-35(25-28(29)13-1)37-27-36-32-17-5-8-20-38(32)53-41-23-11-6-18-33(41)44(46(36)53)47(37)55(42)49-48-45(34-19-7-12-24-43(34)56-48)51-50(52-49)54-39-21-9-3-15-30(39)31-16-4-10-22-40(31)54/h1-27H. The van der Waals surface area contributed by atoms with Gasteiger partial charge < -0.3 is 8.82 Å². The van der Waals surface area contributed by atoms with Crippen LogP contribution in [0.25, 0.3) is 126 Å². The molecule has 0 fully saturated rings. The van der Waals surface area contributed by atoms with E-state index in [0.29, 0.717) is 17.3 Å². The fourth-order valence-electron chi connectivity index (χ4n) is 9.86. The second-order valence-corrected chi connectivity index (χ2v) is 15.0. The van der Waals surface area contributed by atoms with E-state index in [1.807, 2.05) is 12.1 Å². The molecular formula is C50H27N5O.